The van der Waals surface area contributed by atoms with Crippen LogP contribution in [0.5, 0.6) is 5.75 Å². The number of hydroxylamine groups is 1. The third-order valence-corrected chi connectivity index (χ3v) is 4.29. The summed E-state index contributed by atoms with van der Waals surface area (Å²) in [6, 6.07) is 25.5. The molecule has 0 aliphatic rings. The van der Waals surface area contributed by atoms with Crippen LogP contribution in [0, 0.1) is 0 Å². The quantitative estimate of drug-likeness (QED) is 0.233. The maximum atomic E-state index is 12.4. The number of ether oxygens (including phenoxy) is 1. The average molecular weight is 402 g/mol. The van der Waals surface area contributed by atoms with Crippen LogP contribution in [0.25, 0.3) is 6.08 Å². The standard InChI is InChI=1S/C24H22N2O4/c27-22(16-11-18-7-3-1-4-8-18)25-23(17-19-9-5-2-6-10-19)30-21-14-12-20(13-15-21)24(28)26-29/h1-16,23,29H,17H2,(H,25,27)(H,26,28)/b16-11+. The molecule has 0 saturated heterocycles. The van der Waals surface area contributed by atoms with Crippen LogP contribution in [0.3, 0.4) is 0 Å². The number of benzene rings is 3. The minimum absolute atomic E-state index is 0.281. The minimum Gasteiger partial charge on any atom is -0.470 e. The maximum absolute atomic E-state index is 12.4. The summed E-state index contributed by atoms with van der Waals surface area (Å²) >= 11 is 0. The summed E-state index contributed by atoms with van der Waals surface area (Å²) in [4.78, 5) is 23.9. The molecule has 3 aromatic rings. The van der Waals surface area contributed by atoms with Gasteiger partial charge >= 0.3 is 0 Å². The van der Waals surface area contributed by atoms with Gasteiger partial charge in [0, 0.05) is 18.1 Å². The van der Waals surface area contributed by atoms with Crippen LogP contribution in [0.4, 0.5) is 0 Å². The molecule has 3 aromatic carbocycles. The number of carbonyl (C=O) groups is 2. The Kier molecular flexibility index (Phi) is 7.35. The van der Waals surface area contributed by atoms with E-state index in [1.54, 1.807) is 23.7 Å². The largest absolute Gasteiger partial charge is 0.470 e. The Bertz CT molecular complexity index is 987. The molecule has 0 saturated carbocycles. The van der Waals surface area contributed by atoms with Crippen LogP contribution in [0.15, 0.2) is 91.0 Å². The molecule has 0 bridgehead atoms. The summed E-state index contributed by atoms with van der Waals surface area (Å²) in [5, 5.41) is 11.6. The Morgan fingerprint density at radius 3 is 2.17 bits per heavy atom. The van der Waals surface area contributed by atoms with E-state index in [0.29, 0.717) is 17.7 Å². The highest BCUT2D eigenvalue weighted by Gasteiger charge is 2.14. The molecule has 30 heavy (non-hydrogen) atoms. The summed E-state index contributed by atoms with van der Waals surface area (Å²) in [6.45, 7) is 0. The summed E-state index contributed by atoms with van der Waals surface area (Å²) in [5.41, 5.74) is 3.80. The van der Waals surface area contributed by atoms with E-state index in [1.807, 2.05) is 60.7 Å². The van der Waals surface area contributed by atoms with Crippen molar-refractivity contribution in [2.75, 3.05) is 0 Å². The predicted molar refractivity (Wildman–Crippen MR) is 114 cm³/mol. The zero-order valence-electron chi connectivity index (χ0n) is 16.2. The van der Waals surface area contributed by atoms with E-state index in [1.165, 1.54) is 18.2 Å². The molecular formula is C24H22N2O4. The van der Waals surface area contributed by atoms with E-state index in [2.05, 4.69) is 5.32 Å². The first-order chi connectivity index (χ1) is 14.6. The fourth-order valence-corrected chi connectivity index (χ4v) is 2.81. The normalized spacial score (nSPS) is 11.6. The second kappa shape index (κ2) is 10.6. The lowest BCUT2D eigenvalue weighted by molar-refractivity contribution is -0.118. The molecule has 0 radical (unpaired) electrons. The first-order valence-corrected chi connectivity index (χ1v) is 9.43. The molecule has 6 nitrogen and oxygen atoms in total. The Morgan fingerprint density at radius 2 is 1.53 bits per heavy atom. The van der Waals surface area contributed by atoms with Crippen molar-refractivity contribution < 1.29 is 19.5 Å². The van der Waals surface area contributed by atoms with Gasteiger partial charge in [0.2, 0.25) is 5.91 Å². The first kappa shape index (κ1) is 20.8. The minimum atomic E-state index is -0.613. The van der Waals surface area contributed by atoms with Gasteiger partial charge in [0.05, 0.1) is 0 Å². The number of nitrogens with one attached hydrogen (secondary N) is 2. The molecule has 0 spiro atoms. The van der Waals surface area contributed by atoms with Gasteiger partial charge in [-0.15, -0.1) is 0 Å². The molecule has 0 aliphatic heterocycles. The molecule has 152 valence electrons. The SMILES string of the molecule is O=C(/C=C/c1ccccc1)NC(Cc1ccccc1)Oc1ccc(C(=O)NO)cc1. The van der Waals surface area contributed by atoms with Crippen molar-refractivity contribution in [1.82, 2.24) is 10.8 Å². The van der Waals surface area contributed by atoms with Crippen LogP contribution >= 0.6 is 0 Å². The van der Waals surface area contributed by atoms with Crippen molar-refractivity contribution in [2.45, 2.75) is 12.6 Å². The number of carbonyl (C=O) groups excluding carboxylic acids is 2. The fourth-order valence-electron chi connectivity index (χ4n) is 2.81. The van der Waals surface area contributed by atoms with Gasteiger partial charge < -0.3 is 10.1 Å². The average Bonchev–Trinajstić information content (AvgIpc) is 2.79. The molecule has 1 unspecified atom stereocenters. The van der Waals surface area contributed by atoms with Crippen molar-refractivity contribution in [2.24, 2.45) is 0 Å². The molecule has 0 aromatic heterocycles. The predicted octanol–water partition coefficient (Wildman–Crippen LogP) is 3.58. The van der Waals surface area contributed by atoms with Crippen molar-refractivity contribution >= 4 is 17.9 Å². The van der Waals surface area contributed by atoms with Crippen LogP contribution < -0.4 is 15.5 Å². The van der Waals surface area contributed by atoms with Gasteiger partial charge in [0.1, 0.15) is 5.75 Å². The van der Waals surface area contributed by atoms with Crippen LogP contribution in [-0.4, -0.2) is 23.2 Å². The molecule has 0 aliphatic carbocycles. The van der Waals surface area contributed by atoms with E-state index in [9.17, 15) is 9.59 Å². The summed E-state index contributed by atoms with van der Waals surface area (Å²) in [6.07, 6.45) is 3.05. The fraction of sp³-hybridized carbons (Fsp3) is 0.0833. The maximum Gasteiger partial charge on any atom is 0.274 e. The smallest absolute Gasteiger partial charge is 0.274 e. The van der Waals surface area contributed by atoms with Gasteiger partial charge in [-0.25, -0.2) is 5.48 Å². The highest BCUT2D eigenvalue weighted by molar-refractivity contribution is 5.93. The second-order valence-corrected chi connectivity index (χ2v) is 6.51. The van der Waals surface area contributed by atoms with Gasteiger partial charge in [0.25, 0.3) is 5.91 Å². The Hall–Kier alpha value is -3.90. The lowest BCUT2D eigenvalue weighted by Crippen LogP contribution is -2.39. The number of hydrogen-bond donors (Lipinski definition) is 3. The summed E-state index contributed by atoms with van der Waals surface area (Å²) < 4.78 is 5.95. The van der Waals surface area contributed by atoms with Crippen LogP contribution in [-0.2, 0) is 11.2 Å². The van der Waals surface area contributed by atoms with E-state index >= 15 is 0 Å². The van der Waals surface area contributed by atoms with Crippen molar-refractivity contribution in [1.29, 1.82) is 0 Å². The molecule has 0 fully saturated rings. The van der Waals surface area contributed by atoms with Crippen LogP contribution in [0.1, 0.15) is 21.5 Å². The lowest BCUT2D eigenvalue weighted by Gasteiger charge is -2.20. The highest BCUT2D eigenvalue weighted by Crippen LogP contribution is 2.15. The van der Waals surface area contributed by atoms with Gasteiger partial charge in [0.15, 0.2) is 6.23 Å². The molecule has 2 amide bonds. The lowest BCUT2D eigenvalue weighted by atomic mass is 10.1. The van der Waals surface area contributed by atoms with Crippen LogP contribution in [0.2, 0.25) is 0 Å². The van der Waals surface area contributed by atoms with Gasteiger partial charge in [-0.3, -0.25) is 14.8 Å². The summed E-state index contributed by atoms with van der Waals surface area (Å²) in [7, 11) is 0. The molecule has 3 rings (SSSR count). The third-order valence-electron chi connectivity index (χ3n) is 4.29. The number of amides is 2. The van der Waals surface area contributed by atoms with E-state index in [0.717, 1.165) is 11.1 Å². The zero-order chi connectivity index (χ0) is 21.2. The topological polar surface area (TPSA) is 87.7 Å². The molecule has 0 heterocycles. The highest BCUT2D eigenvalue weighted by atomic mass is 16.5. The third kappa shape index (κ3) is 6.32. The first-order valence-electron chi connectivity index (χ1n) is 9.43. The Balaban J connectivity index is 1.70. The molecule has 6 heteroatoms. The molecule has 3 N–H and O–H groups in total. The number of rotatable bonds is 8. The van der Waals surface area contributed by atoms with Gasteiger partial charge in [-0.05, 0) is 41.5 Å². The monoisotopic (exact) mass is 402 g/mol. The molecule has 1 atom stereocenters. The molecular weight excluding hydrogens is 380 g/mol. The Morgan fingerprint density at radius 1 is 0.900 bits per heavy atom. The summed E-state index contributed by atoms with van der Waals surface area (Å²) in [5.74, 6) is -0.407. The van der Waals surface area contributed by atoms with Crippen molar-refractivity contribution in [3.63, 3.8) is 0 Å². The zero-order valence-corrected chi connectivity index (χ0v) is 16.2. The second-order valence-electron chi connectivity index (χ2n) is 6.51. The number of hydrogen-bond acceptors (Lipinski definition) is 4. The Labute approximate surface area is 174 Å². The van der Waals surface area contributed by atoms with Gasteiger partial charge in [-0.2, -0.15) is 0 Å². The van der Waals surface area contributed by atoms with E-state index in [-0.39, 0.29) is 5.91 Å². The van der Waals surface area contributed by atoms with Gasteiger partial charge in [-0.1, -0.05) is 60.7 Å². The van der Waals surface area contributed by atoms with Crippen molar-refractivity contribution in [3.8, 4) is 5.75 Å². The van der Waals surface area contributed by atoms with Crippen molar-refractivity contribution in [3.05, 3.63) is 108 Å². The van der Waals surface area contributed by atoms with E-state index < -0.39 is 12.1 Å². The van der Waals surface area contributed by atoms with E-state index in [4.69, 9.17) is 9.94 Å².